The van der Waals surface area contributed by atoms with Crippen LogP contribution in [0, 0.1) is 0 Å². The molecule has 0 fully saturated rings. The lowest BCUT2D eigenvalue weighted by atomic mass is 10.2. The Morgan fingerprint density at radius 3 is 2.80 bits per heavy atom. The molecule has 110 valence electrons. The summed E-state index contributed by atoms with van der Waals surface area (Å²) in [6.07, 6.45) is 0.334. The molecule has 1 aromatic heterocycles. The molecule has 1 aliphatic rings. The number of nitrogens with one attached hydrogen (secondary N) is 1. The number of halogens is 1. The van der Waals surface area contributed by atoms with Gasteiger partial charge in [0.15, 0.2) is 0 Å². The normalized spacial score (nSPS) is 22.9. The van der Waals surface area contributed by atoms with Crippen molar-refractivity contribution in [3.8, 4) is 0 Å². The van der Waals surface area contributed by atoms with Gasteiger partial charge in [0.25, 0.3) is 5.56 Å². The highest BCUT2D eigenvalue weighted by atomic mass is 31.2. The first-order valence-electron chi connectivity index (χ1n) is 5.61. The number of aromatic nitrogens is 2. The summed E-state index contributed by atoms with van der Waals surface area (Å²) in [6.45, 7) is 0. The number of H-pyrrole nitrogens is 1. The molecule has 2 unspecified atom stereocenters. The molecular weight excluding hydrogens is 294 g/mol. The number of rotatable bonds is 4. The van der Waals surface area contributed by atoms with Crippen LogP contribution >= 0.6 is 7.60 Å². The number of hydrogen-bond donors (Lipinski definition) is 3. The number of allylic oxidation sites excluding steroid dienone is 1. The fraction of sp³-hybridized carbons (Fsp3) is 0.400. The van der Waals surface area contributed by atoms with E-state index in [2.05, 4.69) is 0 Å². The zero-order chi connectivity index (χ0) is 14.9. The van der Waals surface area contributed by atoms with E-state index in [9.17, 15) is 18.5 Å². The van der Waals surface area contributed by atoms with Crippen molar-refractivity contribution in [2.45, 2.75) is 18.6 Å². The Balaban J connectivity index is 2.13. The summed E-state index contributed by atoms with van der Waals surface area (Å²) in [5.74, 6) is -0.707. The van der Waals surface area contributed by atoms with E-state index in [1.54, 1.807) is 0 Å². The first-order valence-corrected chi connectivity index (χ1v) is 7.41. The van der Waals surface area contributed by atoms with E-state index in [1.807, 2.05) is 4.98 Å². The van der Waals surface area contributed by atoms with Crippen molar-refractivity contribution in [2.24, 2.45) is 0 Å². The molecule has 1 aromatic rings. The van der Waals surface area contributed by atoms with Gasteiger partial charge in [-0.1, -0.05) is 0 Å². The largest absolute Gasteiger partial charge is 0.358 e. The summed E-state index contributed by atoms with van der Waals surface area (Å²) < 4.78 is 30.2. The Labute approximate surface area is 111 Å². The Kier molecular flexibility index (Phi) is 4.05. The van der Waals surface area contributed by atoms with Crippen molar-refractivity contribution in [2.75, 3.05) is 6.35 Å². The molecule has 0 saturated carbocycles. The monoisotopic (exact) mass is 306 g/mol. The average Bonchev–Trinajstić information content (AvgIpc) is 2.67. The minimum atomic E-state index is -4.38. The SMILES string of the molecule is O=c1ccn(C2C=C(F)C(OCP(=O)(O)O)C2)c(=O)[nH]1. The fourth-order valence-electron chi connectivity index (χ4n) is 1.91. The number of nitrogens with zero attached hydrogens (tertiary/aromatic N) is 1. The van der Waals surface area contributed by atoms with Crippen LogP contribution in [-0.2, 0) is 9.30 Å². The first kappa shape index (κ1) is 14.9. The maximum atomic E-state index is 13.6. The highest BCUT2D eigenvalue weighted by Crippen LogP contribution is 2.38. The summed E-state index contributed by atoms with van der Waals surface area (Å²) >= 11 is 0. The molecule has 1 aliphatic carbocycles. The lowest BCUT2D eigenvalue weighted by Gasteiger charge is -2.15. The third-order valence-electron chi connectivity index (χ3n) is 2.77. The van der Waals surface area contributed by atoms with Gasteiger partial charge in [0.05, 0.1) is 6.04 Å². The van der Waals surface area contributed by atoms with Crippen LogP contribution in [0.3, 0.4) is 0 Å². The molecule has 0 spiro atoms. The Bertz CT molecular complexity index is 689. The lowest BCUT2D eigenvalue weighted by Crippen LogP contribution is -2.31. The topological polar surface area (TPSA) is 122 Å². The zero-order valence-corrected chi connectivity index (χ0v) is 11.0. The first-order chi connectivity index (χ1) is 9.26. The van der Waals surface area contributed by atoms with Gasteiger partial charge in [-0.25, -0.2) is 9.18 Å². The van der Waals surface area contributed by atoms with Gasteiger partial charge >= 0.3 is 13.3 Å². The van der Waals surface area contributed by atoms with E-state index >= 15 is 0 Å². The molecule has 0 saturated heterocycles. The molecule has 3 N–H and O–H groups in total. The second-order valence-electron chi connectivity index (χ2n) is 4.32. The summed E-state index contributed by atoms with van der Waals surface area (Å²) in [5, 5.41) is 0. The van der Waals surface area contributed by atoms with Crippen molar-refractivity contribution in [3.63, 3.8) is 0 Å². The second-order valence-corrected chi connectivity index (χ2v) is 5.91. The molecule has 2 atom stereocenters. The molecule has 1 heterocycles. The minimum absolute atomic E-state index is 0.0117. The van der Waals surface area contributed by atoms with Crippen LogP contribution in [0.1, 0.15) is 12.5 Å². The van der Waals surface area contributed by atoms with Crippen LogP contribution in [0.4, 0.5) is 4.39 Å². The quantitative estimate of drug-likeness (QED) is 0.665. The van der Waals surface area contributed by atoms with Crippen LogP contribution < -0.4 is 11.2 Å². The minimum Gasteiger partial charge on any atom is -0.358 e. The van der Waals surface area contributed by atoms with Crippen molar-refractivity contribution < 1.29 is 23.5 Å². The number of hydrogen-bond acceptors (Lipinski definition) is 4. The molecule has 0 amide bonds. The van der Waals surface area contributed by atoms with E-state index in [0.29, 0.717) is 0 Å². The van der Waals surface area contributed by atoms with Gasteiger partial charge in [-0.2, -0.15) is 0 Å². The fourth-order valence-corrected chi connectivity index (χ4v) is 2.28. The van der Waals surface area contributed by atoms with Crippen LogP contribution in [0.2, 0.25) is 0 Å². The maximum Gasteiger partial charge on any atom is 0.351 e. The van der Waals surface area contributed by atoms with Crippen LogP contribution in [-0.4, -0.2) is 31.8 Å². The zero-order valence-electron chi connectivity index (χ0n) is 10.1. The van der Waals surface area contributed by atoms with Crippen molar-refractivity contribution in [3.05, 3.63) is 45.0 Å². The Morgan fingerprint density at radius 2 is 2.20 bits per heavy atom. The van der Waals surface area contributed by atoms with Gasteiger partial charge in [0, 0.05) is 18.7 Å². The Hall–Kier alpha value is -1.54. The van der Waals surface area contributed by atoms with Gasteiger partial charge in [-0.05, 0) is 6.08 Å². The molecule has 0 aliphatic heterocycles. The third kappa shape index (κ3) is 3.51. The Morgan fingerprint density at radius 1 is 1.50 bits per heavy atom. The standard InChI is InChI=1S/C10H12FN2O6P/c11-7-3-6(4-8(7)19-5-20(16,17)18)13-2-1-9(14)12-10(13)15/h1-3,6,8H,4-5H2,(H,12,14,15)(H2,16,17,18). The van der Waals surface area contributed by atoms with E-state index in [4.69, 9.17) is 14.5 Å². The van der Waals surface area contributed by atoms with Crippen LogP contribution in [0.5, 0.6) is 0 Å². The van der Waals surface area contributed by atoms with Crippen molar-refractivity contribution in [1.82, 2.24) is 9.55 Å². The summed E-state index contributed by atoms with van der Waals surface area (Å²) in [7, 11) is -4.38. The molecule has 0 aromatic carbocycles. The van der Waals surface area contributed by atoms with Crippen LogP contribution in [0.25, 0.3) is 0 Å². The maximum absolute atomic E-state index is 13.6. The average molecular weight is 306 g/mol. The molecule has 10 heteroatoms. The number of ether oxygens (including phenoxy) is 1. The molecule has 20 heavy (non-hydrogen) atoms. The number of aromatic amines is 1. The summed E-state index contributed by atoms with van der Waals surface area (Å²) in [4.78, 5) is 41.9. The van der Waals surface area contributed by atoms with E-state index in [1.165, 1.54) is 6.20 Å². The van der Waals surface area contributed by atoms with Crippen molar-refractivity contribution >= 4 is 7.60 Å². The molecule has 0 bridgehead atoms. The van der Waals surface area contributed by atoms with E-state index in [0.717, 1.165) is 16.7 Å². The molecule has 2 rings (SSSR count). The predicted molar refractivity (Wildman–Crippen MR) is 66.0 cm³/mol. The third-order valence-corrected chi connectivity index (χ3v) is 3.25. The predicted octanol–water partition coefficient (Wildman–Crippen LogP) is -0.145. The smallest absolute Gasteiger partial charge is 0.351 e. The molecule has 8 nitrogen and oxygen atoms in total. The summed E-state index contributed by atoms with van der Waals surface area (Å²) in [6, 6.07) is 0.442. The van der Waals surface area contributed by atoms with Crippen molar-refractivity contribution in [1.29, 1.82) is 0 Å². The van der Waals surface area contributed by atoms with Gasteiger partial charge in [-0.15, -0.1) is 0 Å². The highest BCUT2D eigenvalue weighted by Gasteiger charge is 2.31. The molecule has 0 radical (unpaired) electrons. The van der Waals surface area contributed by atoms with E-state index < -0.39 is 43.2 Å². The van der Waals surface area contributed by atoms with E-state index in [-0.39, 0.29) is 6.42 Å². The van der Waals surface area contributed by atoms with Gasteiger partial charge < -0.3 is 14.5 Å². The second kappa shape index (κ2) is 5.45. The highest BCUT2D eigenvalue weighted by molar-refractivity contribution is 7.51. The van der Waals surface area contributed by atoms with Crippen LogP contribution in [0.15, 0.2) is 33.8 Å². The van der Waals surface area contributed by atoms with Gasteiger partial charge in [0.2, 0.25) is 0 Å². The lowest BCUT2D eigenvalue weighted by molar-refractivity contribution is 0.0812. The van der Waals surface area contributed by atoms with Gasteiger partial charge in [0.1, 0.15) is 18.3 Å². The summed E-state index contributed by atoms with van der Waals surface area (Å²) in [5.41, 5.74) is -1.26. The molecular formula is C10H12FN2O6P. The van der Waals surface area contributed by atoms with Gasteiger partial charge in [-0.3, -0.25) is 18.9 Å².